The molecule has 0 N–H and O–H groups in total. The lowest BCUT2D eigenvalue weighted by Gasteiger charge is -2.02. The van der Waals surface area contributed by atoms with Crippen LogP contribution < -0.4 is 0 Å². The zero-order chi connectivity index (χ0) is 9.97. The molecule has 72 valence electrons. The lowest BCUT2D eigenvalue weighted by molar-refractivity contribution is 0.420. The number of benzene rings is 1. The Morgan fingerprint density at radius 1 is 1.29 bits per heavy atom. The summed E-state index contributed by atoms with van der Waals surface area (Å²) in [7, 11) is 0. The van der Waals surface area contributed by atoms with Gasteiger partial charge in [-0.3, -0.25) is 0 Å². The van der Waals surface area contributed by atoms with E-state index in [2.05, 4.69) is 18.1 Å². The van der Waals surface area contributed by atoms with Crippen LogP contribution in [0.15, 0.2) is 35.2 Å². The Labute approximate surface area is 87.5 Å². The highest BCUT2D eigenvalue weighted by Crippen LogP contribution is 2.24. The van der Waals surface area contributed by atoms with Crippen LogP contribution in [0.4, 0.5) is 0 Å². The molecule has 1 heterocycles. The molecule has 2 nitrogen and oxygen atoms in total. The van der Waals surface area contributed by atoms with Gasteiger partial charge in [0.05, 0.1) is 6.20 Å². The lowest BCUT2D eigenvalue weighted by Crippen LogP contribution is -1.82. The average molecular weight is 208 g/mol. The van der Waals surface area contributed by atoms with Gasteiger partial charge in [-0.05, 0) is 29.7 Å². The first-order valence-electron chi connectivity index (χ1n) is 4.49. The van der Waals surface area contributed by atoms with Crippen molar-refractivity contribution in [3.63, 3.8) is 0 Å². The highest BCUT2D eigenvalue weighted by molar-refractivity contribution is 6.30. The van der Waals surface area contributed by atoms with Gasteiger partial charge in [0.15, 0.2) is 0 Å². The van der Waals surface area contributed by atoms with Crippen molar-refractivity contribution in [1.29, 1.82) is 0 Å². The van der Waals surface area contributed by atoms with Gasteiger partial charge in [-0.25, -0.2) is 0 Å². The van der Waals surface area contributed by atoms with Crippen molar-refractivity contribution >= 4 is 11.6 Å². The van der Waals surface area contributed by atoms with Gasteiger partial charge in [-0.2, -0.15) is 0 Å². The maximum Gasteiger partial charge on any atom is 0.131 e. The molecule has 0 atom stereocenters. The summed E-state index contributed by atoms with van der Waals surface area (Å²) in [6.07, 6.45) is 4.27. The second-order valence-electron chi connectivity index (χ2n) is 3.11. The van der Waals surface area contributed by atoms with Crippen LogP contribution in [0.5, 0.6) is 0 Å². The van der Waals surface area contributed by atoms with Crippen LogP contribution in [0.25, 0.3) is 11.1 Å². The number of halogens is 1. The summed E-state index contributed by atoms with van der Waals surface area (Å²) in [4.78, 5) is 0. The van der Waals surface area contributed by atoms with Crippen LogP contribution in [-0.4, -0.2) is 5.16 Å². The van der Waals surface area contributed by atoms with Crippen LogP contribution in [0, 0.1) is 0 Å². The summed E-state index contributed by atoms with van der Waals surface area (Å²) in [5.74, 6) is 0. The molecule has 0 bridgehead atoms. The van der Waals surface area contributed by atoms with E-state index in [1.54, 1.807) is 12.5 Å². The van der Waals surface area contributed by atoms with Crippen LogP contribution in [-0.2, 0) is 6.42 Å². The Kier molecular flexibility index (Phi) is 2.55. The molecular weight excluding hydrogens is 198 g/mol. The number of aromatic nitrogens is 1. The van der Waals surface area contributed by atoms with Gasteiger partial charge in [0.25, 0.3) is 0 Å². The smallest absolute Gasteiger partial charge is 0.131 e. The van der Waals surface area contributed by atoms with E-state index in [1.807, 2.05) is 12.1 Å². The van der Waals surface area contributed by atoms with Crippen molar-refractivity contribution in [2.75, 3.05) is 0 Å². The maximum atomic E-state index is 5.99. The Hall–Kier alpha value is -1.28. The van der Waals surface area contributed by atoms with E-state index in [1.165, 1.54) is 5.56 Å². The molecule has 0 saturated heterocycles. The number of hydrogen-bond donors (Lipinski definition) is 0. The highest BCUT2D eigenvalue weighted by Gasteiger charge is 2.03. The van der Waals surface area contributed by atoms with E-state index in [-0.39, 0.29) is 0 Å². The van der Waals surface area contributed by atoms with Gasteiger partial charge in [0.2, 0.25) is 0 Å². The van der Waals surface area contributed by atoms with Crippen molar-refractivity contribution in [3.8, 4) is 11.1 Å². The first kappa shape index (κ1) is 9.28. The lowest BCUT2D eigenvalue weighted by atomic mass is 10.1. The predicted octanol–water partition coefficient (Wildman–Crippen LogP) is 3.56. The minimum absolute atomic E-state index is 0.751. The van der Waals surface area contributed by atoms with Crippen LogP contribution in [0.3, 0.4) is 0 Å². The molecule has 0 saturated carbocycles. The van der Waals surface area contributed by atoms with Gasteiger partial charge in [0, 0.05) is 10.6 Å². The zero-order valence-corrected chi connectivity index (χ0v) is 8.58. The molecule has 14 heavy (non-hydrogen) atoms. The summed E-state index contributed by atoms with van der Waals surface area (Å²) in [5.41, 5.74) is 3.23. The van der Waals surface area contributed by atoms with E-state index < -0.39 is 0 Å². The molecule has 0 unspecified atom stereocenters. The van der Waals surface area contributed by atoms with Crippen LogP contribution >= 0.6 is 11.6 Å². The van der Waals surface area contributed by atoms with E-state index in [0.717, 1.165) is 22.6 Å². The topological polar surface area (TPSA) is 26.0 Å². The Bertz CT molecular complexity index is 423. The van der Waals surface area contributed by atoms with Gasteiger partial charge >= 0.3 is 0 Å². The SMILES string of the molecule is CCc1cc(Cl)cc(-c2cnoc2)c1. The molecule has 0 aliphatic carbocycles. The quantitative estimate of drug-likeness (QED) is 0.753. The summed E-state index contributed by atoms with van der Waals surface area (Å²) in [6, 6.07) is 5.98. The molecule has 1 aromatic carbocycles. The zero-order valence-electron chi connectivity index (χ0n) is 7.83. The minimum Gasteiger partial charge on any atom is -0.364 e. The van der Waals surface area contributed by atoms with Gasteiger partial charge in [-0.1, -0.05) is 29.7 Å². The monoisotopic (exact) mass is 207 g/mol. The van der Waals surface area contributed by atoms with Crippen LogP contribution in [0.2, 0.25) is 5.02 Å². The molecule has 3 heteroatoms. The number of rotatable bonds is 2. The fourth-order valence-electron chi connectivity index (χ4n) is 1.37. The van der Waals surface area contributed by atoms with Gasteiger partial charge in [0.1, 0.15) is 6.26 Å². The molecule has 0 fully saturated rings. The van der Waals surface area contributed by atoms with E-state index in [9.17, 15) is 0 Å². The predicted molar refractivity (Wildman–Crippen MR) is 56.3 cm³/mol. The average Bonchev–Trinajstić information content (AvgIpc) is 2.69. The number of aryl methyl sites for hydroxylation is 1. The minimum atomic E-state index is 0.751. The molecule has 0 amide bonds. The second-order valence-corrected chi connectivity index (χ2v) is 3.55. The first-order valence-corrected chi connectivity index (χ1v) is 4.86. The van der Waals surface area contributed by atoms with Gasteiger partial charge < -0.3 is 4.52 Å². The maximum absolute atomic E-state index is 5.99. The molecule has 0 spiro atoms. The summed E-state index contributed by atoms with van der Waals surface area (Å²) < 4.78 is 4.79. The first-order chi connectivity index (χ1) is 6.79. The second kappa shape index (κ2) is 3.84. The molecular formula is C11H10ClNO. The standard InChI is InChI=1S/C11H10ClNO/c1-2-8-3-9(5-11(12)4-8)10-6-13-14-7-10/h3-7H,2H2,1H3. The number of nitrogens with zero attached hydrogens (tertiary/aromatic N) is 1. The van der Waals surface area contributed by atoms with E-state index in [4.69, 9.17) is 16.1 Å². The van der Waals surface area contributed by atoms with Crippen molar-refractivity contribution < 1.29 is 4.52 Å². The van der Waals surface area contributed by atoms with Crippen molar-refractivity contribution in [3.05, 3.63) is 41.2 Å². The van der Waals surface area contributed by atoms with Crippen molar-refractivity contribution in [2.24, 2.45) is 0 Å². The molecule has 0 aliphatic rings. The fraction of sp³-hybridized carbons (Fsp3) is 0.182. The molecule has 0 radical (unpaired) electrons. The van der Waals surface area contributed by atoms with Crippen LogP contribution in [0.1, 0.15) is 12.5 Å². The molecule has 2 rings (SSSR count). The van der Waals surface area contributed by atoms with Gasteiger partial charge in [-0.15, -0.1) is 0 Å². The fourth-order valence-corrected chi connectivity index (χ4v) is 1.63. The molecule has 0 aliphatic heterocycles. The largest absolute Gasteiger partial charge is 0.364 e. The summed E-state index contributed by atoms with van der Waals surface area (Å²) >= 11 is 5.99. The normalized spacial score (nSPS) is 10.4. The summed E-state index contributed by atoms with van der Waals surface area (Å²) in [5, 5.41) is 4.42. The van der Waals surface area contributed by atoms with Crippen molar-refractivity contribution in [1.82, 2.24) is 5.16 Å². The van der Waals surface area contributed by atoms with E-state index >= 15 is 0 Å². The van der Waals surface area contributed by atoms with E-state index in [0.29, 0.717) is 0 Å². The number of hydrogen-bond acceptors (Lipinski definition) is 2. The Morgan fingerprint density at radius 3 is 2.79 bits per heavy atom. The van der Waals surface area contributed by atoms with Crippen molar-refractivity contribution in [2.45, 2.75) is 13.3 Å². The molecule has 1 aromatic heterocycles. The summed E-state index contributed by atoms with van der Waals surface area (Å²) in [6.45, 7) is 2.10. The third-order valence-electron chi connectivity index (χ3n) is 2.13. The highest BCUT2D eigenvalue weighted by atomic mass is 35.5. The Balaban J connectivity index is 2.48. The molecule has 2 aromatic rings. The third-order valence-corrected chi connectivity index (χ3v) is 2.35. The Morgan fingerprint density at radius 2 is 2.14 bits per heavy atom. The third kappa shape index (κ3) is 1.80.